The van der Waals surface area contributed by atoms with Crippen molar-refractivity contribution in [1.29, 1.82) is 0 Å². The van der Waals surface area contributed by atoms with Crippen molar-refractivity contribution >= 4 is 5.97 Å². The number of hydrogen-bond donors (Lipinski definition) is 2. The molecule has 6 heteroatoms. The molecule has 0 aromatic carbocycles. The van der Waals surface area contributed by atoms with Crippen LogP contribution >= 0.6 is 0 Å². The van der Waals surface area contributed by atoms with Gasteiger partial charge in [-0.25, -0.2) is 9.18 Å². The number of aromatic nitrogens is 1. The summed E-state index contributed by atoms with van der Waals surface area (Å²) in [7, 11) is 0. The Kier molecular flexibility index (Phi) is 4.21. The van der Waals surface area contributed by atoms with Crippen LogP contribution in [0.1, 0.15) is 43.5 Å². The van der Waals surface area contributed by atoms with E-state index >= 15 is 0 Å². The molecule has 0 saturated carbocycles. The van der Waals surface area contributed by atoms with E-state index in [1.807, 2.05) is 13.8 Å². The Morgan fingerprint density at radius 3 is 2.55 bits per heavy atom. The molecule has 0 bridgehead atoms. The van der Waals surface area contributed by atoms with Gasteiger partial charge < -0.3 is 14.8 Å². The second-order valence-corrected chi connectivity index (χ2v) is 6.03. The fraction of sp³-hybridized carbons (Fsp3) is 0.375. The molecule has 2 rings (SSSR count). The van der Waals surface area contributed by atoms with Gasteiger partial charge in [0.15, 0.2) is 5.75 Å². The quantitative estimate of drug-likeness (QED) is 0.896. The summed E-state index contributed by atoms with van der Waals surface area (Å²) in [6.07, 6.45) is 7.12. The summed E-state index contributed by atoms with van der Waals surface area (Å²) in [6.45, 7) is 3.72. The molecule has 0 atom stereocenters. The van der Waals surface area contributed by atoms with Crippen molar-refractivity contribution in [3.63, 3.8) is 0 Å². The second-order valence-electron chi connectivity index (χ2n) is 6.03. The molecule has 22 heavy (non-hydrogen) atoms. The Morgan fingerprint density at radius 2 is 2.00 bits per heavy atom. The first-order valence-corrected chi connectivity index (χ1v) is 6.94. The van der Waals surface area contributed by atoms with Crippen molar-refractivity contribution in [2.75, 3.05) is 0 Å². The lowest BCUT2D eigenvalue weighted by molar-refractivity contribution is 0.0693. The van der Waals surface area contributed by atoms with Gasteiger partial charge in [-0.15, -0.1) is 0 Å². The number of aromatic carboxylic acids is 1. The Balaban J connectivity index is 2.37. The molecule has 0 unspecified atom stereocenters. The molecular weight excluding hydrogens is 289 g/mol. The summed E-state index contributed by atoms with van der Waals surface area (Å²) in [5, 5.41) is 18.7. The highest BCUT2D eigenvalue weighted by atomic mass is 19.1. The molecule has 0 amide bonds. The van der Waals surface area contributed by atoms with Crippen molar-refractivity contribution in [3.8, 4) is 5.75 Å². The highest BCUT2D eigenvalue weighted by molar-refractivity contribution is 5.87. The predicted octanol–water partition coefficient (Wildman–Crippen LogP) is 2.95. The summed E-state index contributed by atoms with van der Waals surface area (Å²) < 4.78 is 14.5. The Morgan fingerprint density at radius 1 is 1.32 bits per heavy atom. The summed E-state index contributed by atoms with van der Waals surface area (Å²) in [4.78, 5) is 22.7. The standard InChI is InChI=1S/C16H18FNO4/c1-16(2,7-10-3-5-11(17)6-4-10)18-8-12(15(21)22)14(20)13(19)9-18/h3,5,8-9,19H,4,6-7H2,1-2H3,(H,21,22). The van der Waals surface area contributed by atoms with Gasteiger partial charge in [-0.2, -0.15) is 0 Å². The van der Waals surface area contributed by atoms with Crippen molar-refractivity contribution in [2.24, 2.45) is 0 Å². The number of allylic oxidation sites excluding steroid dienone is 4. The summed E-state index contributed by atoms with van der Waals surface area (Å²) in [5.74, 6) is -2.14. The van der Waals surface area contributed by atoms with Crippen LogP contribution in [-0.4, -0.2) is 20.7 Å². The Bertz CT molecular complexity index is 728. The van der Waals surface area contributed by atoms with Crippen LogP contribution in [-0.2, 0) is 5.54 Å². The number of pyridine rings is 1. The van der Waals surface area contributed by atoms with Crippen molar-refractivity contribution in [2.45, 2.75) is 38.6 Å². The molecular formula is C16H18FNO4. The van der Waals surface area contributed by atoms with Gasteiger partial charge in [0, 0.05) is 18.2 Å². The molecule has 0 radical (unpaired) electrons. The highest BCUT2D eigenvalue weighted by Gasteiger charge is 2.25. The third kappa shape index (κ3) is 3.27. The average molecular weight is 307 g/mol. The van der Waals surface area contributed by atoms with Crippen molar-refractivity contribution < 1.29 is 19.4 Å². The number of carbonyl (C=O) groups is 1. The van der Waals surface area contributed by atoms with Crippen LogP contribution in [0, 0.1) is 0 Å². The van der Waals surface area contributed by atoms with E-state index in [0.717, 1.165) is 5.57 Å². The van der Waals surface area contributed by atoms with Crippen LogP contribution in [0.4, 0.5) is 4.39 Å². The molecule has 0 aliphatic heterocycles. The van der Waals surface area contributed by atoms with Gasteiger partial charge in [0.05, 0.1) is 6.20 Å². The predicted molar refractivity (Wildman–Crippen MR) is 79.8 cm³/mol. The molecule has 0 spiro atoms. The van der Waals surface area contributed by atoms with Crippen LogP contribution in [0.3, 0.4) is 0 Å². The van der Waals surface area contributed by atoms with E-state index < -0.39 is 28.2 Å². The number of aromatic hydroxyl groups is 1. The van der Waals surface area contributed by atoms with Crippen LogP contribution < -0.4 is 5.43 Å². The fourth-order valence-electron chi connectivity index (χ4n) is 2.51. The van der Waals surface area contributed by atoms with E-state index in [2.05, 4.69) is 0 Å². The lowest BCUT2D eigenvalue weighted by atomic mass is 9.89. The van der Waals surface area contributed by atoms with E-state index in [0.29, 0.717) is 19.3 Å². The number of hydrogen-bond acceptors (Lipinski definition) is 3. The number of carboxylic acids is 1. The minimum atomic E-state index is -1.38. The molecule has 0 saturated heterocycles. The number of rotatable bonds is 4. The third-order valence-corrected chi connectivity index (χ3v) is 3.78. The van der Waals surface area contributed by atoms with Crippen molar-refractivity contribution in [1.82, 2.24) is 4.57 Å². The summed E-state index contributed by atoms with van der Waals surface area (Å²) in [5.41, 5.74) is -0.914. The maximum atomic E-state index is 13.0. The minimum Gasteiger partial charge on any atom is -0.503 e. The van der Waals surface area contributed by atoms with E-state index in [1.165, 1.54) is 23.0 Å². The first kappa shape index (κ1) is 16.0. The van der Waals surface area contributed by atoms with Crippen molar-refractivity contribution in [3.05, 3.63) is 51.7 Å². The Hall–Kier alpha value is -2.37. The Labute approximate surface area is 127 Å². The zero-order valence-electron chi connectivity index (χ0n) is 12.5. The van der Waals surface area contributed by atoms with E-state index in [-0.39, 0.29) is 5.83 Å². The highest BCUT2D eigenvalue weighted by Crippen LogP contribution is 2.30. The average Bonchev–Trinajstić information content (AvgIpc) is 2.43. The third-order valence-electron chi connectivity index (χ3n) is 3.78. The molecule has 0 fully saturated rings. The second kappa shape index (κ2) is 5.79. The lowest BCUT2D eigenvalue weighted by Crippen LogP contribution is -2.30. The first-order chi connectivity index (χ1) is 10.2. The molecule has 1 aliphatic carbocycles. The van der Waals surface area contributed by atoms with Crippen LogP contribution in [0.2, 0.25) is 0 Å². The maximum absolute atomic E-state index is 13.0. The molecule has 1 aromatic heterocycles. The van der Waals surface area contributed by atoms with Gasteiger partial charge in [-0.3, -0.25) is 4.79 Å². The molecule has 2 N–H and O–H groups in total. The molecule has 5 nitrogen and oxygen atoms in total. The molecule has 1 aliphatic rings. The number of carboxylic acid groups (broad SMARTS) is 1. The van der Waals surface area contributed by atoms with Gasteiger partial charge in [-0.1, -0.05) is 11.6 Å². The van der Waals surface area contributed by atoms with Gasteiger partial charge in [0.25, 0.3) is 0 Å². The fourth-order valence-corrected chi connectivity index (χ4v) is 2.51. The van der Waals surface area contributed by atoms with E-state index in [1.54, 1.807) is 6.08 Å². The number of nitrogens with zero attached hydrogens (tertiary/aromatic N) is 1. The minimum absolute atomic E-state index is 0.157. The van der Waals surface area contributed by atoms with Gasteiger partial charge in [0.1, 0.15) is 11.4 Å². The van der Waals surface area contributed by atoms with E-state index in [9.17, 15) is 19.1 Å². The maximum Gasteiger partial charge on any atom is 0.341 e. The van der Waals surface area contributed by atoms with Crippen LogP contribution in [0.25, 0.3) is 0 Å². The van der Waals surface area contributed by atoms with E-state index in [4.69, 9.17) is 5.11 Å². The summed E-state index contributed by atoms with van der Waals surface area (Å²) in [6, 6.07) is 0. The van der Waals surface area contributed by atoms with Crippen LogP contribution in [0.15, 0.2) is 40.7 Å². The van der Waals surface area contributed by atoms with Gasteiger partial charge in [-0.05, 0) is 32.8 Å². The smallest absolute Gasteiger partial charge is 0.341 e. The molecule has 1 heterocycles. The molecule has 1 aromatic rings. The number of halogens is 1. The first-order valence-electron chi connectivity index (χ1n) is 6.94. The van der Waals surface area contributed by atoms with Gasteiger partial charge >= 0.3 is 5.97 Å². The van der Waals surface area contributed by atoms with Crippen LogP contribution in [0.5, 0.6) is 5.75 Å². The SMILES string of the molecule is CC(C)(CC1=CC=C(F)CC1)n1cc(O)c(=O)c(C(=O)O)c1. The normalized spacial score (nSPS) is 15.2. The zero-order chi connectivity index (χ0) is 16.5. The monoisotopic (exact) mass is 307 g/mol. The topological polar surface area (TPSA) is 79.5 Å². The molecule has 118 valence electrons. The zero-order valence-corrected chi connectivity index (χ0v) is 12.5. The largest absolute Gasteiger partial charge is 0.503 e. The van der Waals surface area contributed by atoms with Gasteiger partial charge in [0.2, 0.25) is 5.43 Å². The summed E-state index contributed by atoms with van der Waals surface area (Å²) >= 11 is 0. The lowest BCUT2D eigenvalue weighted by Gasteiger charge is -2.30.